The number of quaternary nitrogens is 1. The standard InChI is InChI=1S/C21H28N6O2/c1-14-9-15(2)18-11-16(21(29)22-19(18)10-14)12-26(7-8-28)13-20-23-24-25-27(20)17-5-3-4-6-17/h9-11,17,28H,3-8,12-13H2,1-2H3,(H,22,29)/p+1. The Kier molecular flexibility index (Phi) is 5.73. The van der Waals surface area contributed by atoms with Crippen LogP contribution >= 0.6 is 0 Å². The fourth-order valence-electron chi connectivity index (χ4n) is 4.50. The number of aromatic nitrogens is 5. The third-order valence-corrected chi connectivity index (χ3v) is 5.94. The molecule has 0 saturated heterocycles. The van der Waals surface area contributed by atoms with Crippen LogP contribution in [0.3, 0.4) is 0 Å². The average molecular weight is 398 g/mol. The Bertz CT molecular complexity index is 1050. The molecule has 8 nitrogen and oxygen atoms in total. The zero-order valence-corrected chi connectivity index (χ0v) is 17.1. The monoisotopic (exact) mass is 397 g/mol. The minimum Gasteiger partial charge on any atom is -0.391 e. The number of aryl methyl sites for hydroxylation is 2. The molecule has 4 rings (SSSR count). The first kappa shape index (κ1) is 19.7. The number of nitrogens with one attached hydrogen (secondary N) is 2. The summed E-state index contributed by atoms with van der Waals surface area (Å²) in [6.45, 7) is 5.75. The molecule has 0 spiro atoms. The van der Waals surface area contributed by atoms with Gasteiger partial charge in [0.15, 0.2) is 0 Å². The molecular formula is C21H29N6O2+. The van der Waals surface area contributed by atoms with E-state index in [2.05, 4.69) is 33.5 Å². The maximum Gasteiger partial charge on any atom is 0.257 e. The molecule has 2 aromatic heterocycles. The molecule has 3 aromatic rings. The van der Waals surface area contributed by atoms with Crippen LogP contribution in [0.25, 0.3) is 10.9 Å². The molecular weight excluding hydrogens is 368 g/mol. The number of H-pyrrole nitrogens is 1. The summed E-state index contributed by atoms with van der Waals surface area (Å²) in [6.07, 6.45) is 4.64. The van der Waals surface area contributed by atoms with Crippen molar-refractivity contribution in [3.63, 3.8) is 0 Å². The highest BCUT2D eigenvalue weighted by atomic mass is 16.3. The van der Waals surface area contributed by atoms with E-state index in [1.54, 1.807) is 0 Å². The number of aromatic amines is 1. The van der Waals surface area contributed by atoms with Crippen LogP contribution in [0.4, 0.5) is 0 Å². The molecule has 0 bridgehead atoms. The summed E-state index contributed by atoms with van der Waals surface area (Å²) in [5.74, 6) is 0.823. The highest BCUT2D eigenvalue weighted by molar-refractivity contribution is 5.83. The molecule has 0 radical (unpaired) electrons. The minimum absolute atomic E-state index is 0.0457. The number of fused-ring (bicyclic) bond motifs is 1. The third kappa shape index (κ3) is 4.23. The lowest BCUT2D eigenvalue weighted by Crippen LogP contribution is -3.10. The second-order valence-electron chi connectivity index (χ2n) is 8.22. The average Bonchev–Trinajstić information content (AvgIpc) is 3.34. The molecule has 29 heavy (non-hydrogen) atoms. The molecule has 1 fully saturated rings. The summed E-state index contributed by atoms with van der Waals surface area (Å²) in [7, 11) is 0. The van der Waals surface area contributed by atoms with Crippen LogP contribution in [-0.2, 0) is 13.1 Å². The summed E-state index contributed by atoms with van der Waals surface area (Å²) in [5.41, 5.74) is 3.78. The highest BCUT2D eigenvalue weighted by Crippen LogP contribution is 2.28. The topological polar surface area (TPSA) is 101 Å². The van der Waals surface area contributed by atoms with Gasteiger partial charge in [0.1, 0.15) is 19.6 Å². The van der Waals surface area contributed by atoms with Crippen LogP contribution in [0.2, 0.25) is 0 Å². The molecule has 1 aromatic carbocycles. The van der Waals surface area contributed by atoms with Crippen molar-refractivity contribution in [1.29, 1.82) is 0 Å². The minimum atomic E-state index is -0.0756. The molecule has 1 aliphatic carbocycles. The quantitative estimate of drug-likeness (QED) is 0.548. The first-order chi connectivity index (χ1) is 14.0. The molecule has 0 amide bonds. The zero-order valence-electron chi connectivity index (χ0n) is 17.1. The van der Waals surface area contributed by atoms with Crippen molar-refractivity contribution < 1.29 is 10.0 Å². The number of aliphatic hydroxyl groups is 1. The van der Waals surface area contributed by atoms with E-state index in [0.717, 1.165) is 45.6 Å². The molecule has 1 saturated carbocycles. The van der Waals surface area contributed by atoms with E-state index in [9.17, 15) is 9.90 Å². The number of hydrogen-bond donors (Lipinski definition) is 3. The lowest BCUT2D eigenvalue weighted by Gasteiger charge is -2.19. The number of aliphatic hydroxyl groups excluding tert-OH is 1. The fourth-order valence-corrected chi connectivity index (χ4v) is 4.50. The molecule has 1 atom stereocenters. The Hall–Kier alpha value is -2.58. The normalized spacial score (nSPS) is 16.0. The molecule has 3 N–H and O–H groups in total. The van der Waals surface area contributed by atoms with E-state index >= 15 is 0 Å². The van der Waals surface area contributed by atoms with E-state index < -0.39 is 0 Å². The lowest BCUT2D eigenvalue weighted by atomic mass is 10.0. The summed E-state index contributed by atoms with van der Waals surface area (Å²) < 4.78 is 1.95. The van der Waals surface area contributed by atoms with Gasteiger partial charge in [0.25, 0.3) is 5.56 Å². The number of rotatable bonds is 7. The molecule has 2 heterocycles. The number of pyridine rings is 1. The van der Waals surface area contributed by atoms with Gasteiger partial charge in [-0.25, -0.2) is 4.68 Å². The van der Waals surface area contributed by atoms with Gasteiger partial charge < -0.3 is 15.0 Å². The fraction of sp³-hybridized carbons (Fsp3) is 0.524. The number of benzene rings is 1. The summed E-state index contributed by atoms with van der Waals surface area (Å²) in [5, 5.41) is 23.0. The Labute approximate surface area is 169 Å². The van der Waals surface area contributed by atoms with Crippen LogP contribution in [0, 0.1) is 13.8 Å². The predicted octanol–water partition coefficient (Wildman–Crippen LogP) is 0.824. The molecule has 154 valence electrons. The first-order valence-corrected chi connectivity index (χ1v) is 10.4. The Morgan fingerprint density at radius 3 is 2.76 bits per heavy atom. The van der Waals surface area contributed by atoms with Crippen LogP contribution < -0.4 is 10.5 Å². The number of tetrazole rings is 1. The summed E-state index contributed by atoms with van der Waals surface area (Å²) >= 11 is 0. The summed E-state index contributed by atoms with van der Waals surface area (Å²) in [6, 6.07) is 6.48. The number of hydrogen-bond acceptors (Lipinski definition) is 5. The smallest absolute Gasteiger partial charge is 0.257 e. The second-order valence-corrected chi connectivity index (χ2v) is 8.22. The predicted molar refractivity (Wildman–Crippen MR) is 110 cm³/mol. The van der Waals surface area contributed by atoms with Gasteiger partial charge in [0.2, 0.25) is 5.82 Å². The SMILES string of the molecule is Cc1cc(C)c2cc(C[NH+](CCO)Cc3nnnn3C3CCCC3)c(=O)[nH]c2c1. The van der Waals surface area contributed by atoms with E-state index in [1.165, 1.54) is 12.8 Å². The van der Waals surface area contributed by atoms with Crippen molar-refractivity contribution in [2.24, 2.45) is 0 Å². The molecule has 1 unspecified atom stereocenters. The van der Waals surface area contributed by atoms with Crippen LogP contribution in [0.15, 0.2) is 23.0 Å². The van der Waals surface area contributed by atoms with Crippen molar-refractivity contribution in [3.8, 4) is 0 Å². The van der Waals surface area contributed by atoms with E-state index in [1.807, 2.05) is 23.7 Å². The van der Waals surface area contributed by atoms with Crippen molar-refractivity contribution in [2.45, 2.75) is 58.7 Å². The zero-order chi connectivity index (χ0) is 20.4. The van der Waals surface area contributed by atoms with Crippen molar-refractivity contribution in [2.75, 3.05) is 13.2 Å². The van der Waals surface area contributed by atoms with Gasteiger partial charge in [0, 0.05) is 10.9 Å². The van der Waals surface area contributed by atoms with Crippen LogP contribution in [0.1, 0.15) is 54.2 Å². The maximum absolute atomic E-state index is 12.7. The summed E-state index contributed by atoms with van der Waals surface area (Å²) in [4.78, 5) is 16.8. The Morgan fingerprint density at radius 1 is 1.21 bits per heavy atom. The van der Waals surface area contributed by atoms with Gasteiger partial charge >= 0.3 is 0 Å². The van der Waals surface area contributed by atoms with Gasteiger partial charge in [-0.3, -0.25) is 4.79 Å². The molecule has 8 heteroatoms. The number of nitrogens with zero attached hydrogens (tertiary/aromatic N) is 4. The molecule has 0 aliphatic heterocycles. The first-order valence-electron chi connectivity index (χ1n) is 10.4. The van der Waals surface area contributed by atoms with E-state index in [4.69, 9.17) is 0 Å². The van der Waals surface area contributed by atoms with Gasteiger partial charge in [-0.2, -0.15) is 0 Å². The van der Waals surface area contributed by atoms with Crippen LogP contribution in [-0.4, -0.2) is 43.4 Å². The highest BCUT2D eigenvalue weighted by Gasteiger charge is 2.24. The van der Waals surface area contributed by atoms with Crippen molar-refractivity contribution in [1.82, 2.24) is 25.2 Å². The Balaban J connectivity index is 1.60. The third-order valence-electron chi connectivity index (χ3n) is 5.94. The largest absolute Gasteiger partial charge is 0.391 e. The van der Waals surface area contributed by atoms with Crippen molar-refractivity contribution >= 4 is 10.9 Å². The van der Waals surface area contributed by atoms with Crippen molar-refractivity contribution in [3.05, 3.63) is 51.1 Å². The lowest BCUT2D eigenvalue weighted by molar-refractivity contribution is -0.928. The van der Waals surface area contributed by atoms with Gasteiger partial charge in [-0.05, 0) is 60.4 Å². The molecule has 1 aliphatic rings. The second kappa shape index (κ2) is 8.42. The van der Waals surface area contributed by atoms with E-state index in [-0.39, 0.29) is 12.2 Å². The maximum atomic E-state index is 12.7. The Morgan fingerprint density at radius 2 is 2.00 bits per heavy atom. The van der Waals surface area contributed by atoms with Gasteiger partial charge in [0.05, 0.1) is 18.2 Å². The van der Waals surface area contributed by atoms with E-state index in [0.29, 0.717) is 31.2 Å². The van der Waals surface area contributed by atoms with Gasteiger partial charge in [-0.1, -0.05) is 18.9 Å². The van der Waals surface area contributed by atoms with Crippen LogP contribution in [0.5, 0.6) is 0 Å². The van der Waals surface area contributed by atoms with Gasteiger partial charge in [-0.15, -0.1) is 5.10 Å².